The fourth-order valence-electron chi connectivity index (χ4n) is 2.31. The van der Waals surface area contributed by atoms with Crippen LogP contribution >= 0.6 is 0 Å². The Morgan fingerprint density at radius 1 is 0.875 bits per heavy atom. The van der Waals surface area contributed by atoms with Crippen molar-refractivity contribution in [1.29, 1.82) is 0 Å². The van der Waals surface area contributed by atoms with Crippen molar-refractivity contribution in [3.05, 3.63) is 47.5 Å². The highest BCUT2D eigenvalue weighted by Crippen LogP contribution is 2.30. The van der Waals surface area contributed by atoms with E-state index in [0.29, 0.717) is 35.1 Å². The minimum atomic E-state index is -0.234. The maximum atomic E-state index is 12.5. The molecule has 0 aliphatic carbocycles. The number of hydrogen-bond acceptors (Lipinski definition) is 5. The molecule has 2 aromatic rings. The lowest BCUT2D eigenvalue weighted by atomic mass is 10.1. The molecule has 0 saturated carbocycles. The second-order valence-electron chi connectivity index (χ2n) is 4.98. The maximum absolute atomic E-state index is 12.5. The van der Waals surface area contributed by atoms with Crippen LogP contribution in [-0.4, -0.2) is 34.3 Å². The van der Waals surface area contributed by atoms with Crippen molar-refractivity contribution in [2.75, 3.05) is 33.8 Å². The van der Waals surface area contributed by atoms with Gasteiger partial charge in [0, 0.05) is 30.0 Å². The van der Waals surface area contributed by atoms with Gasteiger partial charge in [-0.05, 0) is 30.3 Å². The summed E-state index contributed by atoms with van der Waals surface area (Å²) in [5.74, 6) is 1.59. The number of ether oxygens (including phenoxy) is 4. The molecular formula is C18H21NO5. The first-order valence-electron chi connectivity index (χ1n) is 7.32. The zero-order valence-electron chi connectivity index (χ0n) is 14.2. The first kappa shape index (κ1) is 17.6. The molecule has 0 saturated heterocycles. The number of rotatable bonds is 7. The van der Waals surface area contributed by atoms with Crippen LogP contribution < -0.4 is 19.5 Å². The van der Waals surface area contributed by atoms with Crippen LogP contribution in [-0.2, 0) is 11.3 Å². The molecule has 1 N–H and O–H groups in total. The molecule has 0 radical (unpaired) electrons. The molecule has 0 fully saturated rings. The molecule has 2 rings (SSSR count). The van der Waals surface area contributed by atoms with E-state index in [1.54, 1.807) is 64.8 Å². The second-order valence-corrected chi connectivity index (χ2v) is 4.98. The van der Waals surface area contributed by atoms with E-state index < -0.39 is 0 Å². The molecule has 2 aromatic carbocycles. The zero-order valence-corrected chi connectivity index (χ0v) is 14.2. The van der Waals surface area contributed by atoms with Crippen molar-refractivity contribution >= 4 is 11.6 Å². The van der Waals surface area contributed by atoms with Gasteiger partial charge in [-0.15, -0.1) is 0 Å². The minimum Gasteiger partial charge on any atom is -0.496 e. The Morgan fingerprint density at radius 2 is 1.54 bits per heavy atom. The van der Waals surface area contributed by atoms with E-state index in [4.69, 9.17) is 18.9 Å². The largest absolute Gasteiger partial charge is 0.496 e. The van der Waals surface area contributed by atoms with Gasteiger partial charge in [0.2, 0.25) is 0 Å². The number of hydrogen-bond donors (Lipinski definition) is 1. The molecule has 1 amide bonds. The number of anilines is 1. The smallest absolute Gasteiger partial charge is 0.255 e. The lowest BCUT2D eigenvalue weighted by Crippen LogP contribution is -2.12. The van der Waals surface area contributed by atoms with E-state index >= 15 is 0 Å². The third-order valence-corrected chi connectivity index (χ3v) is 3.48. The van der Waals surface area contributed by atoms with Gasteiger partial charge in [0.15, 0.2) is 11.5 Å². The third-order valence-electron chi connectivity index (χ3n) is 3.48. The van der Waals surface area contributed by atoms with Gasteiger partial charge in [-0.3, -0.25) is 4.79 Å². The van der Waals surface area contributed by atoms with Crippen LogP contribution in [0.1, 0.15) is 15.9 Å². The van der Waals surface area contributed by atoms with E-state index in [1.165, 1.54) is 0 Å². The highest BCUT2D eigenvalue weighted by Gasteiger charge is 2.12. The van der Waals surface area contributed by atoms with E-state index in [-0.39, 0.29) is 5.91 Å². The van der Waals surface area contributed by atoms with Crippen LogP contribution in [0.4, 0.5) is 5.69 Å². The fourth-order valence-corrected chi connectivity index (χ4v) is 2.31. The molecule has 6 nitrogen and oxygen atoms in total. The number of carbonyl (C=O) groups is 1. The monoisotopic (exact) mass is 331 g/mol. The van der Waals surface area contributed by atoms with Crippen LogP contribution in [0.2, 0.25) is 0 Å². The Hall–Kier alpha value is -2.73. The van der Waals surface area contributed by atoms with Crippen LogP contribution in [0.5, 0.6) is 17.2 Å². The molecule has 6 heteroatoms. The topological polar surface area (TPSA) is 66.0 Å². The summed E-state index contributed by atoms with van der Waals surface area (Å²) in [4.78, 5) is 12.5. The average Bonchev–Trinajstić information content (AvgIpc) is 2.61. The molecule has 0 heterocycles. The minimum absolute atomic E-state index is 0.234. The molecule has 0 aliphatic heterocycles. The van der Waals surface area contributed by atoms with Crippen molar-refractivity contribution in [1.82, 2.24) is 0 Å². The van der Waals surface area contributed by atoms with E-state index in [9.17, 15) is 4.79 Å². The highest BCUT2D eigenvalue weighted by molar-refractivity contribution is 6.04. The van der Waals surface area contributed by atoms with Crippen molar-refractivity contribution in [2.45, 2.75) is 6.61 Å². The summed E-state index contributed by atoms with van der Waals surface area (Å²) in [6, 6.07) is 10.4. The summed E-state index contributed by atoms with van der Waals surface area (Å²) >= 11 is 0. The first-order chi connectivity index (χ1) is 11.6. The van der Waals surface area contributed by atoms with Gasteiger partial charge in [0.05, 0.1) is 27.9 Å². The van der Waals surface area contributed by atoms with Gasteiger partial charge in [-0.1, -0.05) is 0 Å². The number of benzene rings is 2. The van der Waals surface area contributed by atoms with Gasteiger partial charge in [0.1, 0.15) is 5.75 Å². The van der Waals surface area contributed by atoms with E-state index in [2.05, 4.69) is 5.32 Å². The average molecular weight is 331 g/mol. The third kappa shape index (κ3) is 3.97. The van der Waals surface area contributed by atoms with E-state index in [0.717, 1.165) is 5.56 Å². The number of amides is 1. The SMILES string of the molecule is COCc1cc(C(=O)Nc2ccc(OC)c(OC)c2)ccc1OC. The first-order valence-corrected chi connectivity index (χ1v) is 7.32. The zero-order chi connectivity index (χ0) is 17.5. The van der Waals surface area contributed by atoms with Crippen molar-refractivity contribution in [2.24, 2.45) is 0 Å². The second kappa shape index (κ2) is 8.21. The van der Waals surface area contributed by atoms with Gasteiger partial charge in [-0.25, -0.2) is 0 Å². The molecule has 0 spiro atoms. The summed E-state index contributed by atoms with van der Waals surface area (Å²) in [5.41, 5.74) is 1.93. The summed E-state index contributed by atoms with van der Waals surface area (Å²) in [6.07, 6.45) is 0. The number of nitrogens with one attached hydrogen (secondary N) is 1. The standard InChI is InChI=1S/C18H21NO5/c1-21-11-13-9-12(5-7-15(13)22-2)18(20)19-14-6-8-16(23-3)17(10-14)24-4/h5-10H,11H2,1-4H3,(H,19,20). The fraction of sp³-hybridized carbons (Fsp3) is 0.278. The van der Waals surface area contributed by atoms with Crippen LogP contribution in [0.15, 0.2) is 36.4 Å². The van der Waals surface area contributed by atoms with Crippen molar-refractivity contribution in [3.8, 4) is 17.2 Å². The number of carbonyl (C=O) groups excluding carboxylic acids is 1. The quantitative estimate of drug-likeness (QED) is 0.844. The molecule has 0 aliphatic rings. The summed E-state index contributed by atoms with van der Waals surface area (Å²) in [6.45, 7) is 0.362. The van der Waals surface area contributed by atoms with Crippen LogP contribution in [0.3, 0.4) is 0 Å². The predicted molar refractivity (Wildman–Crippen MR) is 91.2 cm³/mol. The maximum Gasteiger partial charge on any atom is 0.255 e. The summed E-state index contributed by atoms with van der Waals surface area (Å²) in [7, 11) is 6.28. The van der Waals surface area contributed by atoms with Gasteiger partial charge < -0.3 is 24.3 Å². The van der Waals surface area contributed by atoms with Crippen molar-refractivity contribution in [3.63, 3.8) is 0 Å². The van der Waals surface area contributed by atoms with Crippen molar-refractivity contribution < 1.29 is 23.7 Å². The van der Waals surface area contributed by atoms with Crippen LogP contribution in [0, 0.1) is 0 Å². The molecule has 0 unspecified atom stereocenters. The molecule has 0 aromatic heterocycles. The summed E-state index contributed by atoms with van der Waals surface area (Å²) < 4.78 is 20.8. The summed E-state index contributed by atoms with van der Waals surface area (Å²) in [5, 5.41) is 2.83. The lowest BCUT2D eigenvalue weighted by Gasteiger charge is -2.12. The predicted octanol–water partition coefficient (Wildman–Crippen LogP) is 3.11. The molecular weight excluding hydrogens is 310 g/mol. The van der Waals surface area contributed by atoms with Gasteiger partial charge in [0.25, 0.3) is 5.91 Å². The Balaban J connectivity index is 2.22. The Labute approximate surface area is 141 Å². The lowest BCUT2D eigenvalue weighted by molar-refractivity contribution is 0.102. The normalized spacial score (nSPS) is 10.2. The van der Waals surface area contributed by atoms with Gasteiger partial charge >= 0.3 is 0 Å². The van der Waals surface area contributed by atoms with Crippen LogP contribution in [0.25, 0.3) is 0 Å². The molecule has 0 bridgehead atoms. The Morgan fingerprint density at radius 3 is 2.17 bits per heavy atom. The van der Waals surface area contributed by atoms with Gasteiger partial charge in [-0.2, -0.15) is 0 Å². The highest BCUT2D eigenvalue weighted by atomic mass is 16.5. The molecule has 24 heavy (non-hydrogen) atoms. The Bertz CT molecular complexity index is 715. The molecule has 128 valence electrons. The van der Waals surface area contributed by atoms with E-state index in [1.807, 2.05) is 0 Å². The Kier molecular flexibility index (Phi) is 6.03. The molecule has 0 atom stereocenters. The number of methoxy groups -OCH3 is 4.